The van der Waals surface area contributed by atoms with Gasteiger partial charge in [0.25, 0.3) is 0 Å². The van der Waals surface area contributed by atoms with E-state index in [1.54, 1.807) is 12.1 Å². The Labute approximate surface area is 123 Å². The summed E-state index contributed by atoms with van der Waals surface area (Å²) in [6.45, 7) is 5.82. The van der Waals surface area contributed by atoms with Crippen LogP contribution in [0.3, 0.4) is 0 Å². The zero-order valence-corrected chi connectivity index (χ0v) is 12.3. The van der Waals surface area contributed by atoms with Gasteiger partial charge in [0.15, 0.2) is 17.4 Å². The van der Waals surface area contributed by atoms with Gasteiger partial charge in [-0.3, -0.25) is 0 Å². The number of rotatable bonds is 3. The van der Waals surface area contributed by atoms with Gasteiger partial charge >= 0.3 is 0 Å². The van der Waals surface area contributed by atoms with Crippen LogP contribution >= 0.6 is 0 Å². The first-order valence-corrected chi connectivity index (χ1v) is 6.68. The molecule has 2 nitrogen and oxygen atoms in total. The molecule has 2 aromatic carbocycles. The molecule has 112 valence electrons. The van der Waals surface area contributed by atoms with Crippen LogP contribution in [0.2, 0.25) is 0 Å². The summed E-state index contributed by atoms with van der Waals surface area (Å²) in [6.07, 6.45) is 0. The number of hydrogen-bond donors (Lipinski definition) is 1. The summed E-state index contributed by atoms with van der Waals surface area (Å²) in [5, 5.41) is 8.90. The van der Waals surface area contributed by atoms with Gasteiger partial charge in [-0.05, 0) is 40.8 Å². The summed E-state index contributed by atoms with van der Waals surface area (Å²) in [5.74, 6) is -1.77. The molecular weight excluding hydrogens is 274 g/mol. The Kier molecular flexibility index (Phi) is 4.28. The highest BCUT2D eigenvalue weighted by Gasteiger charge is 2.15. The average Bonchev–Trinajstić information content (AvgIpc) is 2.42. The molecule has 0 bridgehead atoms. The summed E-state index contributed by atoms with van der Waals surface area (Å²) >= 11 is 0. The highest BCUT2D eigenvalue weighted by Crippen LogP contribution is 2.30. The first-order valence-electron chi connectivity index (χ1n) is 6.68. The highest BCUT2D eigenvalue weighted by molar-refractivity contribution is 5.37. The number of aliphatic hydroxyl groups excluding tert-OH is 1. The Bertz CT molecular complexity index is 605. The van der Waals surface area contributed by atoms with Gasteiger partial charge in [-0.15, -0.1) is 0 Å². The normalized spacial score (nSPS) is 11.5. The molecule has 0 heterocycles. The van der Waals surface area contributed by atoms with Gasteiger partial charge in [0, 0.05) is 0 Å². The molecule has 0 aliphatic carbocycles. The van der Waals surface area contributed by atoms with E-state index in [1.807, 2.05) is 12.1 Å². The van der Waals surface area contributed by atoms with Crippen LogP contribution in [-0.2, 0) is 12.0 Å². The van der Waals surface area contributed by atoms with Crippen molar-refractivity contribution in [2.24, 2.45) is 0 Å². The molecule has 0 aromatic heterocycles. The van der Waals surface area contributed by atoms with Crippen molar-refractivity contribution < 1.29 is 18.6 Å². The minimum absolute atomic E-state index is 0.00218. The predicted octanol–water partition coefficient (Wildman–Crippen LogP) is 4.55. The van der Waals surface area contributed by atoms with Crippen LogP contribution < -0.4 is 4.74 Å². The van der Waals surface area contributed by atoms with E-state index in [9.17, 15) is 8.78 Å². The van der Waals surface area contributed by atoms with Crippen molar-refractivity contribution >= 4 is 0 Å². The number of ether oxygens (including phenoxy) is 1. The standard InChI is InChI=1S/C17H18F2O2/c1-17(2,3)12-4-6-13(7-5-12)21-16-14(18)8-11(10-20)9-15(16)19/h4-9,20H,10H2,1-3H3. The Morgan fingerprint density at radius 3 is 1.95 bits per heavy atom. The lowest BCUT2D eigenvalue weighted by molar-refractivity contribution is 0.279. The van der Waals surface area contributed by atoms with Crippen LogP contribution in [0.4, 0.5) is 8.78 Å². The Balaban J connectivity index is 2.26. The number of aliphatic hydroxyl groups is 1. The van der Waals surface area contributed by atoms with Crippen molar-refractivity contribution in [1.82, 2.24) is 0 Å². The number of benzene rings is 2. The minimum Gasteiger partial charge on any atom is -0.451 e. The van der Waals surface area contributed by atoms with Crippen molar-refractivity contribution in [3.63, 3.8) is 0 Å². The van der Waals surface area contributed by atoms with Gasteiger partial charge < -0.3 is 9.84 Å². The maximum atomic E-state index is 13.8. The molecule has 0 saturated heterocycles. The van der Waals surface area contributed by atoms with Gasteiger partial charge in [-0.25, -0.2) is 8.78 Å². The lowest BCUT2D eigenvalue weighted by Gasteiger charge is -2.19. The van der Waals surface area contributed by atoms with E-state index in [0.717, 1.165) is 17.7 Å². The summed E-state index contributed by atoms with van der Waals surface area (Å²) in [5.41, 5.74) is 1.27. The molecule has 0 atom stereocenters. The molecule has 2 aromatic rings. The second-order valence-corrected chi connectivity index (χ2v) is 5.92. The third-order valence-corrected chi connectivity index (χ3v) is 3.18. The van der Waals surface area contributed by atoms with Crippen molar-refractivity contribution in [1.29, 1.82) is 0 Å². The molecule has 0 fully saturated rings. The maximum absolute atomic E-state index is 13.8. The van der Waals surface area contributed by atoms with Crippen molar-refractivity contribution in [2.45, 2.75) is 32.8 Å². The summed E-state index contributed by atoms with van der Waals surface area (Å²) in [6, 6.07) is 9.21. The third-order valence-electron chi connectivity index (χ3n) is 3.18. The van der Waals surface area contributed by atoms with Gasteiger partial charge in [0.05, 0.1) is 6.61 Å². The minimum atomic E-state index is -0.834. The van der Waals surface area contributed by atoms with Gasteiger partial charge in [-0.1, -0.05) is 32.9 Å². The zero-order chi connectivity index (χ0) is 15.6. The molecule has 0 unspecified atom stereocenters. The van der Waals surface area contributed by atoms with Gasteiger partial charge in [-0.2, -0.15) is 0 Å². The highest BCUT2D eigenvalue weighted by atomic mass is 19.1. The van der Waals surface area contributed by atoms with Gasteiger partial charge in [0.2, 0.25) is 0 Å². The number of hydrogen-bond acceptors (Lipinski definition) is 2. The molecule has 0 saturated carbocycles. The lowest BCUT2D eigenvalue weighted by atomic mass is 9.87. The molecule has 1 N–H and O–H groups in total. The van der Waals surface area contributed by atoms with Crippen LogP contribution in [0.1, 0.15) is 31.9 Å². The first-order chi connectivity index (χ1) is 9.81. The number of halogens is 2. The van der Waals surface area contributed by atoms with Crippen LogP contribution in [0.15, 0.2) is 36.4 Å². The molecule has 21 heavy (non-hydrogen) atoms. The quantitative estimate of drug-likeness (QED) is 0.899. The summed E-state index contributed by atoms with van der Waals surface area (Å²) in [7, 11) is 0. The predicted molar refractivity (Wildman–Crippen MR) is 77.5 cm³/mol. The largest absolute Gasteiger partial charge is 0.451 e. The van der Waals surface area contributed by atoms with E-state index < -0.39 is 24.0 Å². The molecule has 0 aliphatic rings. The summed E-state index contributed by atoms with van der Waals surface area (Å²) < 4.78 is 32.8. The van der Waals surface area contributed by atoms with Crippen LogP contribution in [0, 0.1) is 11.6 Å². The summed E-state index contributed by atoms with van der Waals surface area (Å²) in [4.78, 5) is 0. The van der Waals surface area contributed by atoms with Crippen LogP contribution in [-0.4, -0.2) is 5.11 Å². The molecule has 2 rings (SSSR count). The average molecular weight is 292 g/mol. The van der Waals surface area contributed by atoms with E-state index in [2.05, 4.69) is 20.8 Å². The Morgan fingerprint density at radius 2 is 1.52 bits per heavy atom. The molecule has 4 heteroatoms. The van der Waals surface area contributed by atoms with Gasteiger partial charge in [0.1, 0.15) is 5.75 Å². The van der Waals surface area contributed by atoms with Crippen LogP contribution in [0.5, 0.6) is 11.5 Å². The second kappa shape index (κ2) is 5.82. The molecular formula is C17H18F2O2. The molecule has 0 radical (unpaired) electrons. The van der Waals surface area contributed by atoms with E-state index in [-0.39, 0.29) is 11.0 Å². The monoisotopic (exact) mass is 292 g/mol. The molecule has 0 amide bonds. The Hall–Kier alpha value is -1.94. The van der Waals surface area contributed by atoms with E-state index >= 15 is 0 Å². The first kappa shape index (κ1) is 15.4. The fraction of sp³-hybridized carbons (Fsp3) is 0.294. The van der Waals surface area contributed by atoms with E-state index in [0.29, 0.717) is 5.75 Å². The van der Waals surface area contributed by atoms with Crippen molar-refractivity contribution in [2.75, 3.05) is 0 Å². The van der Waals surface area contributed by atoms with Crippen molar-refractivity contribution in [3.8, 4) is 11.5 Å². The third kappa shape index (κ3) is 3.58. The van der Waals surface area contributed by atoms with Crippen LogP contribution in [0.25, 0.3) is 0 Å². The SMILES string of the molecule is CC(C)(C)c1ccc(Oc2c(F)cc(CO)cc2F)cc1. The Morgan fingerprint density at radius 1 is 1.00 bits per heavy atom. The second-order valence-electron chi connectivity index (χ2n) is 5.92. The lowest BCUT2D eigenvalue weighted by Crippen LogP contribution is -2.10. The zero-order valence-electron chi connectivity index (χ0n) is 12.3. The molecule has 0 spiro atoms. The van der Waals surface area contributed by atoms with E-state index in [1.165, 1.54) is 0 Å². The molecule has 0 aliphatic heterocycles. The maximum Gasteiger partial charge on any atom is 0.198 e. The fourth-order valence-corrected chi connectivity index (χ4v) is 1.94. The topological polar surface area (TPSA) is 29.5 Å². The van der Waals surface area contributed by atoms with E-state index in [4.69, 9.17) is 9.84 Å². The fourth-order valence-electron chi connectivity index (χ4n) is 1.94. The smallest absolute Gasteiger partial charge is 0.198 e. The van der Waals surface area contributed by atoms with Crippen molar-refractivity contribution in [3.05, 3.63) is 59.2 Å².